The van der Waals surface area contributed by atoms with E-state index in [-0.39, 0.29) is 0 Å². The number of fused-ring (bicyclic) bond motifs is 3. The summed E-state index contributed by atoms with van der Waals surface area (Å²) >= 11 is 0. The van der Waals surface area contributed by atoms with Gasteiger partial charge in [-0.05, 0) is 11.7 Å². The lowest BCUT2D eigenvalue weighted by Gasteiger charge is -2.52. The molecule has 14 heavy (non-hydrogen) atoms. The molecule has 0 atom stereocenters. The molecule has 3 fully saturated rings. The summed E-state index contributed by atoms with van der Waals surface area (Å²) in [5, 5.41) is 0. The van der Waals surface area contributed by atoms with E-state index in [1.54, 1.807) is 6.20 Å². The standard InChI is InChI=1S/C9H11BNO3/c1-2-4-11-9(3-1)10-12-5-8(6-13-10)7-14-10/h1-4,8H,5-7H2/q-1. The van der Waals surface area contributed by atoms with E-state index in [4.69, 9.17) is 14.0 Å². The second-order valence-corrected chi connectivity index (χ2v) is 3.76. The van der Waals surface area contributed by atoms with Crippen molar-refractivity contribution in [2.75, 3.05) is 19.8 Å². The van der Waals surface area contributed by atoms with Gasteiger partial charge in [-0.1, -0.05) is 12.1 Å². The van der Waals surface area contributed by atoms with Crippen LogP contribution < -0.4 is 5.59 Å². The van der Waals surface area contributed by atoms with Crippen molar-refractivity contribution in [2.45, 2.75) is 0 Å². The molecular weight excluding hydrogens is 181 g/mol. The Labute approximate surface area is 82.2 Å². The van der Waals surface area contributed by atoms with E-state index in [2.05, 4.69) is 4.98 Å². The predicted molar refractivity (Wildman–Crippen MR) is 51.0 cm³/mol. The number of rotatable bonds is 1. The third-order valence-corrected chi connectivity index (χ3v) is 2.70. The van der Waals surface area contributed by atoms with Gasteiger partial charge in [-0.15, -0.1) is 0 Å². The smallest absolute Gasteiger partial charge is 0.427 e. The lowest BCUT2D eigenvalue weighted by molar-refractivity contribution is -0.0696. The maximum absolute atomic E-state index is 5.61. The summed E-state index contributed by atoms with van der Waals surface area (Å²) in [5.74, 6) is 0.391. The summed E-state index contributed by atoms with van der Waals surface area (Å²) in [6, 6.07) is 5.66. The van der Waals surface area contributed by atoms with Gasteiger partial charge >= 0.3 is 6.75 Å². The Balaban J connectivity index is 1.96. The minimum absolute atomic E-state index is 0.391. The van der Waals surface area contributed by atoms with Crippen molar-refractivity contribution in [2.24, 2.45) is 5.92 Å². The summed E-state index contributed by atoms with van der Waals surface area (Å²) in [6.45, 7) is 0.429. The molecule has 0 saturated carbocycles. The van der Waals surface area contributed by atoms with Crippen LogP contribution in [0.3, 0.4) is 0 Å². The van der Waals surface area contributed by atoms with Crippen molar-refractivity contribution in [1.82, 2.24) is 4.98 Å². The molecule has 2 bridgehead atoms. The number of nitrogens with zero attached hydrogens (tertiary/aromatic N) is 1. The second-order valence-electron chi connectivity index (χ2n) is 3.76. The first-order valence-corrected chi connectivity index (χ1v) is 4.86. The van der Waals surface area contributed by atoms with Crippen LogP contribution in [-0.4, -0.2) is 31.6 Å². The topological polar surface area (TPSA) is 40.6 Å². The highest BCUT2D eigenvalue weighted by Crippen LogP contribution is 2.25. The second kappa shape index (κ2) is 3.05. The van der Waals surface area contributed by atoms with Gasteiger partial charge in [-0.3, -0.25) is 4.98 Å². The summed E-state index contributed by atoms with van der Waals surface area (Å²) in [7, 11) is 0. The molecule has 0 amide bonds. The highest BCUT2D eigenvalue weighted by Gasteiger charge is 2.42. The Bertz CT molecular complexity index is 310. The molecule has 74 valence electrons. The molecule has 0 spiro atoms. The number of hydrogen-bond acceptors (Lipinski definition) is 4. The van der Waals surface area contributed by atoms with Crippen LogP contribution >= 0.6 is 0 Å². The van der Waals surface area contributed by atoms with Crippen LogP contribution in [0.5, 0.6) is 0 Å². The molecule has 3 aliphatic rings. The number of aromatic nitrogens is 1. The van der Waals surface area contributed by atoms with Crippen molar-refractivity contribution in [1.29, 1.82) is 0 Å². The maximum Gasteiger partial charge on any atom is 0.427 e. The van der Waals surface area contributed by atoms with Gasteiger partial charge in [0.05, 0.1) is 0 Å². The molecule has 0 radical (unpaired) electrons. The highest BCUT2D eigenvalue weighted by molar-refractivity contribution is 6.74. The van der Waals surface area contributed by atoms with Crippen molar-refractivity contribution in [3.8, 4) is 0 Å². The molecule has 5 heteroatoms. The quantitative estimate of drug-likeness (QED) is 0.583. The Kier molecular flexibility index (Phi) is 1.83. The van der Waals surface area contributed by atoms with Gasteiger partial charge in [-0.25, -0.2) is 0 Å². The zero-order valence-corrected chi connectivity index (χ0v) is 7.76. The van der Waals surface area contributed by atoms with Crippen LogP contribution in [0.15, 0.2) is 24.4 Å². The molecule has 0 N–H and O–H groups in total. The van der Waals surface area contributed by atoms with E-state index >= 15 is 0 Å². The van der Waals surface area contributed by atoms with Gasteiger partial charge in [0.25, 0.3) is 0 Å². The van der Waals surface area contributed by atoms with Crippen molar-refractivity contribution >= 4 is 12.3 Å². The van der Waals surface area contributed by atoms with Gasteiger partial charge in [0.1, 0.15) is 0 Å². The molecule has 1 aromatic heterocycles. The number of pyridine rings is 1. The summed E-state index contributed by atoms with van der Waals surface area (Å²) in [6.07, 6.45) is 1.72. The lowest BCUT2D eigenvalue weighted by Crippen LogP contribution is -2.66. The van der Waals surface area contributed by atoms with Gasteiger partial charge in [0, 0.05) is 31.9 Å². The van der Waals surface area contributed by atoms with E-state index in [0.29, 0.717) is 5.92 Å². The molecule has 3 aliphatic heterocycles. The monoisotopic (exact) mass is 192 g/mol. The third kappa shape index (κ3) is 1.17. The number of hydrogen-bond donors (Lipinski definition) is 0. The maximum atomic E-state index is 5.61. The highest BCUT2D eigenvalue weighted by atomic mass is 16.8. The molecule has 0 aromatic carbocycles. The van der Waals surface area contributed by atoms with Crippen LogP contribution in [0.2, 0.25) is 0 Å². The lowest BCUT2D eigenvalue weighted by atomic mass is 9.70. The van der Waals surface area contributed by atoms with E-state index in [1.807, 2.05) is 18.2 Å². The molecule has 0 aliphatic carbocycles. The Morgan fingerprint density at radius 2 is 1.86 bits per heavy atom. The van der Waals surface area contributed by atoms with Gasteiger partial charge in [0.15, 0.2) is 0 Å². The molecular formula is C9H11BNO3-. The fourth-order valence-electron chi connectivity index (χ4n) is 1.92. The van der Waals surface area contributed by atoms with Gasteiger partial charge in [0.2, 0.25) is 0 Å². The van der Waals surface area contributed by atoms with Crippen LogP contribution in [0.1, 0.15) is 0 Å². The molecule has 4 heterocycles. The van der Waals surface area contributed by atoms with Crippen LogP contribution in [0.4, 0.5) is 0 Å². The first-order valence-electron chi connectivity index (χ1n) is 4.86. The first kappa shape index (κ1) is 8.41. The van der Waals surface area contributed by atoms with E-state index in [1.165, 1.54) is 0 Å². The van der Waals surface area contributed by atoms with Crippen molar-refractivity contribution < 1.29 is 14.0 Å². The first-order chi connectivity index (χ1) is 6.89. The third-order valence-electron chi connectivity index (χ3n) is 2.70. The van der Waals surface area contributed by atoms with Crippen LogP contribution in [0, 0.1) is 5.92 Å². The fourth-order valence-corrected chi connectivity index (χ4v) is 1.92. The molecule has 4 nitrogen and oxygen atoms in total. The Morgan fingerprint density at radius 1 is 1.14 bits per heavy atom. The largest absolute Gasteiger partial charge is 0.539 e. The minimum Gasteiger partial charge on any atom is -0.539 e. The molecule has 3 saturated heterocycles. The zero-order chi connectivity index (χ0) is 9.43. The molecule has 4 rings (SSSR count). The SMILES string of the molecule is c1ccc([B-]23OCC(CO2)CO3)nc1. The summed E-state index contributed by atoms with van der Waals surface area (Å²) < 4.78 is 16.8. The van der Waals surface area contributed by atoms with Crippen LogP contribution in [-0.2, 0) is 14.0 Å². The van der Waals surface area contributed by atoms with Crippen molar-refractivity contribution in [3.05, 3.63) is 24.4 Å². The Morgan fingerprint density at radius 3 is 2.43 bits per heavy atom. The average molecular weight is 192 g/mol. The van der Waals surface area contributed by atoms with Gasteiger partial charge in [-0.2, -0.15) is 0 Å². The predicted octanol–water partition coefficient (Wildman–Crippen LogP) is -0.0793. The summed E-state index contributed by atoms with van der Waals surface area (Å²) in [4.78, 5) is 4.22. The minimum atomic E-state index is -1.73. The zero-order valence-electron chi connectivity index (χ0n) is 7.76. The molecule has 0 unspecified atom stereocenters. The normalized spacial score (nSPS) is 35.9. The molecule has 1 aromatic rings. The van der Waals surface area contributed by atoms with Crippen LogP contribution in [0.25, 0.3) is 0 Å². The van der Waals surface area contributed by atoms with Gasteiger partial charge < -0.3 is 14.0 Å². The van der Waals surface area contributed by atoms with Crippen molar-refractivity contribution in [3.63, 3.8) is 0 Å². The fraction of sp³-hybridized carbons (Fsp3) is 0.444. The average Bonchev–Trinajstić information content (AvgIpc) is 2.33. The van der Waals surface area contributed by atoms with E-state index < -0.39 is 6.75 Å². The Hall–Kier alpha value is -0.905. The summed E-state index contributed by atoms with van der Waals surface area (Å²) in [5.41, 5.74) is 0.755. The van der Waals surface area contributed by atoms with E-state index in [0.717, 1.165) is 25.4 Å². The van der Waals surface area contributed by atoms with E-state index in [9.17, 15) is 0 Å².